The summed E-state index contributed by atoms with van der Waals surface area (Å²) in [6.45, 7) is 2.25. The molecule has 0 aliphatic rings. The molecule has 2 N–H and O–H groups in total. The first-order valence-corrected chi connectivity index (χ1v) is 8.37. The number of carbonyl (C=O) groups is 1. The second-order valence-electron chi connectivity index (χ2n) is 5.89. The molecule has 10 heteroatoms. The maximum Gasteiger partial charge on any atom is 0.417 e. The Kier molecular flexibility index (Phi) is 5.57. The van der Waals surface area contributed by atoms with E-state index < -0.39 is 23.2 Å². The number of anilines is 1. The van der Waals surface area contributed by atoms with Gasteiger partial charge in [-0.1, -0.05) is 12.1 Å². The molecule has 0 aliphatic heterocycles. The summed E-state index contributed by atoms with van der Waals surface area (Å²) in [5, 5.41) is 9.71. The first kappa shape index (κ1) is 19.3. The molecule has 0 unspecified atom stereocenters. The third-order valence-corrected chi connectivity index (χ3v) is 3.80. The summed E-state index contributed by atoms with van der Waals surface area (Å²) < 4.78 is 40.5. The molecule has 0 atom stereocenters. The number of hydrogen-bond acceptors (Lipinski definition) is 5. The van der Waals surface area contributed by atoms with E-state index in [0.717, 1.165) is 17.8 Å². The summed E-state index contributed by atoms with van der Waals surface area (Å²) in [7, 11) is 0. The van der Waals surface area contributed by atoms with Gasteiger partial charge in [-0.05, 0) is 25.1 Å². The van der Waals surface area contributed by atoms with E-state index in [-0.39, 0.29) is 13.1 Å². The van der Waals surface area contributed by atoms with E-state index in [2.05, 4.69) is 25.7 Å². The molecule has 28 heavy (non-hydrogen) atoms. The number of alkyl halides is 3. The number of aromatic nitrogens is 4. The lowest BCUT2D eigenvalue weighted by Gasteiger charge is -2.13. The van der Waals surface area contributed by atoms with Crippen LogP contribution in [0.1, 0.15) is 21.6 Å². The van der Waals surface area contributed by atoms with E-state index in [1.807, 2.05) is 13.0 Å². The fourth-order valence-electron chi connectivity index (χ4n) is 2.50. The summed E-state index contributed by atoms with van der Waals surface area (Å²) in [4.78, 5) is 20.3. The quantitative estimate of drug-likeness (QED) is 0.633. The zero-order valence-electron chi connectivity index (χ0n) is 14.9. The Balaban J connectivity index is 1.56. The highest BCUT2D eigenvalue weighted by Gasteiger charge is 2.34. The Morgan fingerprint density at radius 1 is 1.14 bits per heavy atom. The van der Waals surface area contributed by atoms with Gasteiger partial charge in [0.1, 0.15) is 12.1 Å². The van der Waals surface area contributed by atoms with Gasteiger partial charge in [0, 0.05) is 25.4 Å². The lowest BCUT2D eigenvalue weighted by Crippen LogP contribution is -2.30. The fraction of sp³-hybridized carbons (Fsp3) is 0.222. The van der Waals surface area contributed by atoms with Crippen LogP contribution < -0.4 is 10.6 Å². The Morgan fingerprint density at radius 2 is 1.93 bits per heavy atom. The molecule has 0 spiro atoms. The highest BCUT2D eigenvalue weighted by molar-refractivity contribution is 5.95. The SMILES string of the molecule is Cc1ccn(-c2cc(NCCNC(=O)c3ccccc3C(F)(F)F)ncn2)n1. The topological polar surface area (TPSA) is 84.7 Å². The molecule has 2 heterocycles. The average molecular weight is 390 g/mol. The van der Waals surface area contributed by atoms with Crippen LogP contribution in [0.3, 0.4) is 0 Å². The summed E-state index contributed by atoms with van der Waals surface area (Å²) in [5.74, 6) is 0.280. The number of nitrogens with zero attached hydrogens (tertiary/aromatic N) is 4. The molecule has 0 saturated heterocycles. The number of halogens is 3. The van der Waals surface area contributed by atoms with Crippen LogP contribution in [0, 0.1) is 6.92 Å². The van der Waals surface area contributed by atoms with Gasteiger partial charge in [0.2, 0.25) is 0 Å². The summed E-state index contributed by atoms with van der Waals surface area (Å²) in [5.41, 5.74) is -0.529. The van der Waals surface area contributed by atoms with Gasteiger partial charge in [0.15, 0.2) is 5.82 Å². The van der Waals surface area contributed by atoms with Crippen molar-refractivity contribution in [1.29, 1.82) is 0 Å². The standard InChI is InChI=1S/C18H17F3N6O/c1-12-6-9-27(26-12)16-10-15(24-11-25-16)22-7-8-23-17(28)13-4-2-3-5-14(13)18(19,20)21/h2-6,9-11H,7-8H2,1H3,(H,23,28)(H,22,24,25). The maximum absolute atomic E-state index is 13.0. The Morgan fingerprint density at radius 3 is 2.64 bits per heavy atom. The Bertz CT molecular complexity index is 970. The number of hydrogen-bond donors (Lipinski definition) is 2. The number of aryl methyl sites for hydroxylation is 1. The van der Waals surface area contributed by atoms with Crippen molar-refractivity contribution in [2.24, 2.45) is 0 Å². The minimum absolute atomic E-state index is 0.116. The van der Waals surface area contributed by atoms with Crippen molar-refractivity contribution in [3.05, 3.63) is 65.7 Å². The van der Waals surface area contributed by atoms with Crippen LogP contribution in [0.25, 0.3) is 5.82 Å². The first-order valence-electron chi connectivity index (χ1n) is 8.37. The predicted octanol–water partition coefficient (Wildman–Crippen LogP) is 2.83. The highest BCUT2D eigenvalue weighted by Crippen LogP contribution is 2.31. The molecule has 2 aromatic heterocycles. The Labute approximate surface area is 158 Å². The van der Waals surface area contributed by atoms with Crippen molar-refractivity contribution in [3.8, 4) is 5.82 Å². The molecule has 0 saturated carbocycles. The van der Waals surface area contributed by atoms with E-state index in [1.54, 1.807) is 16.9 Å². The molecule has 146 valence electrons. The highest BCUT2D eigenvalue weighted by atomic mass is 19.4. The van der Waals surface area contributed by atoms with Gasteiger partial charge in [-0.25, -0.2) is 14.6 Å². The second kappa shape index (κ2) is 8.07. The molecule has 3 aromatic rings. The number of rotatable bonds is 6. The molecule has 0 fully saturated rings. The van der Waals surface area contributed by atoms with E-state index >= 15 is 0 Å². The zero-order chi connectivity index (χ0) is 20.1. The predicted molar refractivity (Wildman–Crippen MR) is 96.2 cm³/mol. The monoisotopic (exact) mass is 390 g/mol. The summed E-state index contributed by atoms with van der Waals surface area (Å²) in [6, 6.07) is 8.18. The lowest BCUT2D eigenvalue weighted by molar-refractivity contribution is -0.137. The molecule has 7 nitrogen and oxygen atoms in total. The smallest absolute Gasteiger partial charge is 0.368 e. The van der Waals surface area contributed by atoms with Crippen LogP contribution in [-0.4, -0.2) is 38.7 Å². The third-order valence-electron chi connectivity index (χ3n) is 3.80. The lowest BCUT2D eigenvalue weighted by atomic mass is 10.1. The van der Waals surface area contributed by atoms with Crippen molar-refractivity contribution in [2.75, 3.05) is 18.4 Å². The van der Waals surface area contributed by atoms with Crippen LogP contribution in [-0.2, 0) is 6.18 Å². The van der Waals surface area contributed by atoms with Gasteiger partial charge in [0.05, 0.1) is 16.8 Å². The zero-order valence-corrected chi connectivity index (χ0v) is 14.9. The van der Waals surface area contributed by atoms with Crippen LogP contribution >= 0.6 is 0 Å². The largest absolute Gasteiger partial charge is 0.417 e. The van der Waals surface area contributed by atoms with Crippen LogP contribution in [0.2, 0.25) is 0 Å². The minimum atomic E-state index is -4.59. The second-order valence-corrected chi connectivity index (χ2v) is 5.89. The van der Waals surface area contributed by atoms with E-state index in [1.165, 1.54) is 18.5 Å². The van der Waals surface area contributed by atoms with Crippen LogP contribution in [0.5, 0.6) is 0 Å². The molecule has 0 aliphatic carbocycles. The number of nitrogens with one attached hydrogen (secondary N) is 2. The van der Waals surface area contributed by atoms with E-state index in [9.17, 15) is 18.0 Å². The van der Waals surface area contributed by atoms with Gasteiger partial charge in [-0.15, -0.1) is 0 Å². The average Bonchev–Trinajstić information content (AvgIpc) is 3.11. The molecular weight excluding hydrogens is 373 g/mol. The van der Waals surface area contributed by atoms with Crippen molar-refractivity contribution < 1.29 is 18.0 Å². The van der Waals surface area contributed by atoms with Crippen molar-refractivity contribution in [1.82, 2.24) is 25.1 Å². The molecule has 1 amide bonds. The van der Waals surface area contributed by atoms with Gasteiger partial charge in [-0.3, -0.25) is 4.79 Å². The fourth-order valence-corrected chi connectivity index (χ4v) is 2.50. The summed E-state index contributed by atoms with van der Waals surface area (Å²) in [6.07, 6.45) is -1.46. The molecular formula is C18H17F3N6O. The van der Waals surface area contributed by atoms with Crippen molar-refractivity contribution >= 4 is 11.7 Å². The van der Waals surface area contributed by atoms with Crippen molar-refractivity contribution in [3.63, 3.8) is 0 Å². The Hall–Kier alpha value is -3.43. The first-order chi connectivity index (χ1) is 13.3. The summed E-state index contributed by atoms with van der Waals surface area (Å²) >= 11 is 0. The third kappa shape index (κ3) is 4.64. The normalized spacial score (nSPS) is 11.3. The molecule has 0 bridgehead atoms. The van der Waals surface area contributed by atoms with Crippen molar-refractivity contribution in [2.45, 2.75) is 13.1 Å². The number of carbonyl (C=O) groups excluding carboxylic acids is 1. The van der Waals surface area contributed by atoms with Gasteiger partial charge >= 0.3 is 6.18 Å². The van der Waals surface area contributed by atoms with Gasteiger partial charge in [-0.2, -0.15) is 18.3 Å². The molecule has 1 aromatic carbocycles. The maximum atomic E-state index is 13.0. The van der Waals surface area contributed by atoms with Gasteiger partial charge in [0.25, 0.3) is 5.91 Å². The number of amides is 1. The minimum Gasteiger partial charge on any atom is -0.368 e. The molecule has 3 rings (SSSR count). The van der Waals surface area contributed by atoms with Crippen LogP contribution in [0.4, 0.5) is 19.0 Å². The van der Waals surface area contributed by atoms with Crippen LogP contribution in [0.15, 0.2) is 48.9 Å². The molecule has 0 radical (unpaired) electrons. The van der Waals surface area contributed by atoms with Gasteiger partial charge < -0.3 is 10.6 Å². The van der Waals surface area contributed by atoms with E-state index in [4.69, 9.17) is 0 Å². The van der Waals surface area contributed by atoms with E-state index in [0.29, 0.717) is 11.6 Å². The number of benzene rings is 1.